The lowest BCUT2D eigenvalue weighted by Gasteiger charge is -2.33. The van der Waals surface area contributed by atoms with E-state index in [1.54, 1.807) is 0 Å². The molecule has 100 valence electrons. The van der Waals surface area contributed by atoms with Gasteiger partial charge in [0.15, 0.2) is 0 Å². The molecule has 0 bridgehead atoms. The fourth-order valence-corrected chi connectivity index (χ4v) is 2.08. The molecule has 2 rings (SSSR count). The third-order valence-corrected chi connectivity index (χ3v) is 3.26. The minimum atomic E-state index is -0.174. The first-order chi connectivity index (χ1) is 8.63. The maximum Gasteiger partial charge on any atom is 0.148 e. The molecule has 1 aromatic rings. The molecule has 0 radical (unpaired) electrons. The molecule has 0 aliphatic heterocycles. The van der Waals surface area contributed by atoms with Gasteiger partial charge in [-0.2, -0.15) is 0 Å². The van der Waals surface area contributed by atoms with Gasteiger partial charge < -0.3 is 15.8 Å². The molecule has 0 unspecified atom stereocenters. The van der Waals surface area contributed by atoms with Crippen molar-refractivity contribution in [2.45, 2.75) is 51.7 Å². The molecular formula is C12H21N5O. The molecule has 1 aliphatic carbocycles. The van der Waals surface area contributed by atoms with Crippen molar-refractivity contribution in [3.8, 4) is 0 Å². The summed E-state index contributed by atoms with van der Waals surface area (Å²) in [6, 6.07) is 0.300. The molecule has 1 saturated carbocycles. The van der Waals surface area contributed by atoms with Crippen LogP contribution in [-0.2, 0) is 6.42 Å². The Hall–Kier alpha value is -1.40. The summed E-state index contributed by atoms with van der Waals surface area (Å²) in [4.78, 5) is 8.89. The van der Waals surface area contributed by atoms with Crippen LogP contribution in [0.2, 0.25) is 0 Å². The standard InChI is InChI=1S/C12H21N5O/c1-3-4-10-15-11(7(2)12(16-10)17-13)14-8-5-9(18)6-8/h8-9,18H,3-6,13H2,1-2H3,(H2,14,15,16,17). The topological polar surface area (TPSA) is 96.1 Å². The van der Waals surface area contributed by atoms with E-state index in [1.165, 1.54) is 0 Å². The smallest absolute Gasteiger partial charge is 0.148 e. The van der Waals surface area contributed by atoms with E-state index in [1.807, 2.05) is 6.92 Å². The van der Waals surface area contributed by atoms with Crippen LogP contribution in [-0.4, -0.2) is 27.2 Å². The van der Waals surface area contributed by atoms with Gasteiger partial charge in [0.2, 0.25) is 0 Å². The largest absolute Gasteiger partial charge is 0.393 e. The molecule has 1 heterocycles. The number of aromatic nitrogens is 2. The summed E-state index contributed by atoms with van der Waals surface area (Å²) in [5, 5.41) is 12.6. The van der Waals surface area contributed by atoms with Crippen molar-refractivity contribution in [1.29, 1.82) is 0 Å². The number of hydrogen-bond acceptors (Lipinski definition) is 6. The summed E-state index contributed by atoms with van der Waals surface area (Å²) >= 11 is 0. The summed E-state index contributed by atoms with van der Waals surface area (Å²) in [5.41, 5.74) is 3.53. The van der Waals surface area contributed by atoms with Crippen molar-refractivity contribution in [3.05, 3.63) is 11.4 Å². The second-order valence-corrected chi connectivity index (χ2v) is 4.82. The van der Waals surface area contributed by atoms with Gasteiger partial charge in [-0.3, -0.25) is 0 Å². The van der Waals surface area contributed by atoms with Gasteiger partial charge in [0.05, 0.1) is 6.10 Å². The van der Waals surface area contributed by atoms with Crippen molar-refractivity contribution >= 4 is 11.6 Å². The Kier molecular flexibility index (Phi) is 3.98. The van der Waals surface area contributed by atoms with E-state index < -0.39 is 0 Å². The average Bonchev–Trinajstić information content (AvgIpc) is 2.31. The Labute approximate surface area is 107 Å². The van der Waals surface area contributed by atoms with E-state index >= 15 is 0 Å². The lowest BCUT2D eigenvalue weighted by atomic mass is 9.89. The molecule has 1 aromatic heterocycles. The number of hydrogen-bond donors (Lipinski definition) is 4. The molecule has 18 heavy (non-hydrogen) atoms. The number of nitrogen functional groups attached to an aromatic ring is 1. The molecule has 5 N–H and O–H groups in total. The molecule has 0 aromatic carbocycles. The lowest BCUT2D eigenvalue weighted by Crippen LogP contribution is -2.39. The third-order valence-electron chi connectivity index (χ3n) is 3.26. The zero-order valence-corrected chi connectivity index (χ0v) is 10.9. The van der Waals surface area contributed by atoms with Gasteiger partial charge >= 0.3 is 0 Å². The van der Waals surface area contributed by atoms with Crippen LogP contribution < -0.4 is 16.6 Å². The first-order valence-electron chi connectivity index (χ1n) is 6.42. The summed E-state index contributed by atoms with van der Waals surface area (Å²) in [6.45, 7) is 4.02. The number of nitrogens with one attached hydrogen (secondary N) is 2. The predicted molar refractivity (Wildman–Crippen MR) is 71.2 cm³/mol. The highest BCUT2D eigenvalue weighted by Gasteiger charge is 2.28. The first-order valence-corrected chi connectivity index (χ1v) is 6.42. The van der Waals surface area contributed by atoms with Gasteiger partial charge in [-0.1, -0.05) is 6.92 Å². The fraction of sp³-hybridized carbons (Fsp3) is 0.667. The number of nitrogens with two attached hydrogens (primary N) is 1. The van der Waals surface area contributed by atoms with Crippen LogP contribution in [0.3, 0.4) is 0 Å². The van der Waals surface area contributed by atoms with Crippen LogP contribution in [0, 0.1) is 6.92 Å². The Bertz CT molecular complexity index is 417. The molecule has 0 atom stereocenters. The van der Waals surface area contributed by atoms with Crippen molar-refractivity contribution in [3.63, 3.8) is 0 Å². The molecule has 6 nitrogen and oxygen atoms in total. The van der Waals surface area contributed by atoms with Gasteiger partial charge in [0.25, 0.3) is 0 Å². The van der Waals surface area contributed by atoms with Gasteiger partial charge in [-0.05, 0) is 26.2 Å². The van der Waals surface area contributed by atoms with Crippen LogP contribution in [0.5, 0.6) is 0 Å². The zero-order chi connectivity index (χ0) is 13.1. The normalized spacial score (nSPS) is 22.4. The monoisotopic (exact) mass is 251 g/mol. The van der Waals surface area contributed by atoms with Crippen molar-refractivity contribution in [1.82, 2.24) is 9.97 Å². The highest BCUT2D eigenvalue weighted by molar-refractivity contribution is 5.57. The molecule has 1 fully saturated rings. The van der Waals surface area contributed by atoms with Crippen LogP contribution in [0.25, 0.3) is 0 Å². The highest BCUT2D eigenvalue weighted by atomic mass is 16.3. The van der Waals surface area contributed by atoms with Crippen molar-refractivity contribution in [2.75, 3.05) is 10.7 Å². The summed E-state index contributed by atoms with van der Waals surface area (Å²) < 4.78 is 0. The zero-order valence-electron chi connectivity index (χ0n) is 10.9. The molecule has 0 amide bonds. The number of anilines is 2. The number of hydrazine groups is 1. The minimum absolute atomic E-state index is 0.174. The van der Waals surface area contributed by atoms with E-state index in [2.05, 4.69) is 27.6 Å². The van der Waals surface area contributed by atoms with Crippen LogP contribution in [0.1, 0.15) is 37.6 Å². The number of aliphatic hydroxyl groups excluding tert-OH is 1. The molecule has 1 aliphatic rings. The fourth-order valence-electron chi connectivity index (χ4n) is 2.08. The lowest BCUT2D eigenvalue weighted by molar-refractivity contribution is 0.0835. The number of aliphatic hydroxyl groups is 1. The van der Waals surface area contributed by atoms with E-state index in [9.17, 15) is 5.11 Å². The van der Waals surface area contributed by atoms with Crippen molar-refractivity contribution in [2.24, 2.45) is 5.84 Å². The summed E-state index contributed by atoms with van der Waals surface area (Å²) in [6.07, 6.45) is 3.20. The van der Waals surface area contributed by atoms with Gasteiger partial charge in [0, 0.05) is 18.0 Å². The average molecular weight is 251 g/mol. The molecule has 0 saturated heterocycles. The minimum Gasteiger partial charge on any atom is -0.393 e. The molecule has 0 spiro atoms. The quantitative estimate of drug-likeness (QED) is 0.460. The van der Waals surface area contributed by atoms with E-state index in [0.29, 0.717) is 11.9 Å². The highest BCUT2D eigenvalue weighted by Crippen LogP contribution is 2.26. The number of nitrogens with zero attached hydrogens (tertiary/aromatic N) is 2. The molecular weight excluding hydrogens is 230 g/mol. The Balaban J connectivity index is 2.18. The van der Waals surface area contributed by atoms with E-state index in [0.717, 1.165) is 42.9 Å². The van der Waals surface area contributed by atoms with Crippen molar-refractivity contribution < 1.29 is 5.11 Å². The second kappa shape index (κ2) is 5.49. The van der Waals surface area contributed by atoms with Gasteiger partial charge in [0.1, 0.15) is 17.5 Å². The second-order valence-electron chi connectivity index (χ2n) is 4.82. The van der Waals surface area contributed by atoms with Crippen LogP contribution >= 0.6 is 0 Å². The van der Waals surface area contributed by atoms with Crippen LogP contribution in [0.15, 0.2) is 0 Å². The Morgan fingerprint density at radius 3 is 2.56 bits per heavy atom. The maximum absolute atomic E-state index is 9.30. The van der Waals surface area contributed by atoms with Gasteiger partial charge in [-0.25, -0.2) is 15.8 Å². The SMILES string of the molecule is CCCc1nc(NN)c(C)c(NC2CC(O)C2)n1. The van der Waals surface area contributed by atoms with E-state index in [-0.39, 0.29) is 6.10 Å². The van der Waals surface area contributed by atoms with Crippen LogP contribution in [0.4, 0.5) is 11.6 Å². The number of aryl methyl sites for hydroxylation is 1. The Morgan fingerprint density at radius 2 is 2.00 bits per heavy atom. The number of rotatable bonds is 5. The Morgan fingerprint density at radius 1 is 1.33 bits per heavy atom. The summed E-state index contributed by atoms with van der Waals surface area (Å²) in [5.74, 6) is 7.75. The maximum atomic E-state index is 9.30. The predicted octanol–water partition coefficient (Wildman–Crippen LogP) is 0.958. The first kappa shape index (κ1) is 13.0. The van der Waals surface area contributed by atoms with E-state index in [4.69, 9.17) is 5.84 Å². The van der Waals surface area contributed by atoms with Gasteiger partial charge in [-0.15, -0.1) is 0 Å². The molecule has 6 heteroatoms. The summed E-state index contributed by atoms with van der Waals surface area (Å²) in [7, 11) is 0. The third kappa shape index (κ3) is 2.70.